The number of carbonyl (C=O) groups is 1. The maximum atomic E-state index is 12.9. The van der Waals surface area contributed by atoms with Crippen molar-refractivity contribution >= 4 is 11.6 Å². The third-order valence-electron chi connectivity index (χ3n) is 4.31. The molecule has 4 nitrogen and oxygen atoms in total. The normalized spacial score (nSPS) is 17.7. The summed E-state index contributed by atoms with van der Waals surface area (Å²) < 4.78 is 5.59. The highest BCUT2D eigenvalue weighted by Gasteiger charge is 2.30. The standard InChI is InChI=1S/C17H20N2O2/c1-10-11(2)21-12(3)16(10)17(20)19-9-8-14(18)13-6-4-5-7-15(13)19/h4-7,14H,8-9,18H2,1-3H3. The van der Waals surface area contributed by atoms with Gasteiger partial charge in [-0.05, 0) is 38.8 Å². The molecular weight excluding hydrogens is 264 g/mol. The number of anilines is 1. The van der Waals surface area contributed by atoms with Gasteiger partial charge in [-0.25, -0.2) is 0 Å². The Morgan fingerprint density at radius 2 is 1.95 bits per heavy atom. The third-order valence-corrected chi connectivity index (χ3v) is 4.31. The molecule has 1 atom stereocenters. The fourth-order valence-electron chi connectivity index (χ4n) is 3.05. The molecule has 3 rings (SSSR count). The third kappa shape index (κ3) is 2.16. The number of nitrogens with two attached hydrogens (primary N) is 1. The van der Waals surface area contributed by atoms with E-state index in [2.05, 4.69) is 0 Å². The molecule has 2 heterocycles. The summed E-state index contributed by atoms with van der Waals surface area (Å²) >= 11 is 0. The van der Waals surface area contributed by atoms with Crippen molar-refractivity contribution in [2.24, 2.45) is 5.73 Å². The summed E-state index contributed by atoms with van der Waals surface area (Å²) in [5.41, 5.74) is 9.70. The minimum atomic E-state index is -0.00136. The predicted octanol–water partition coefficient (Wildman–Crippen LogP) is 3.26. The minimum absolute atomic E-state index is 0.00111. The van der Waals surface area contributed by atoms with E-state index >= 15 is 0 Å². The van der Waals surface area contributed by atoms with Crippen LogP contribution in [-0.2, 0) is 0 Å². The summed E-state index contributed by atoms with van der Waals surface area (Å²) in [6.45, 7) is 6.30. The quantitative estimate of drug-likeness (QED) is 0.874. The Morgan fingerprint density at radius 3 is 2.62 bits per heavy atom. The first kappa shape index (κ1) is 13.9. The van der Waals surface area contributed by atoms with Gasteiger partial charge in [0.25, 0.3) is 5.91 Å². The van der Waals surface area contributed by atoms with Crippen molar-refractivity contribution in [1.82, 2.24) is 0 Å². The van der Waals surface area contributed by atoms with Crippen molar-refractivity contribution < 1.29 is 9.21 Å². The molecule has 0 saturated heterocycles. The van der Waals surface area contributed by atoms with Crippen molar-refractivity contribution in [3.05, 3.63) is 52.5 Å². The van der Waals surface area contributed by atoms with Gasteiger partial charge in [-0.1, -0.05) is 18.2 Å². The largest absolute Gasteiger partial charge is 0.466 e. The van der Waals surface area contributed by atoms with Crippen LogP contribution in [0, 0.1) is 20.8 Å². The van der Waals surface area contributed by atoms with Crippen LogP contribution in [0.4, 0.5) is 5.69 Å². The number of fused-ring (bicyclic) bond motifs is 1. The van der Waals surface area contributed by atoms with E-state index < -0.39 is 0 Å². The van der Waals surface area contributed by atoms with E-state index in [0.717, 1.165) is 29.0 Å². The van der Waals surface area contributed by atoms with Crippen molar-refractivity contribution in [2.45, 2.75) is 33.2 Å². The molecule has 2 aromatic rings. The van der Waals surface area contributed by atoms with Gasteiger partial charge >= 0.3 is 0 Å². The predicted molar refractivity (Wildman–Crippen MR) is 82.6 cm³/mol. The van der Waals surface area contributed by atoms with E-state index in [1.807, 2.05) is 49.9 Å². The van der Waals surface area contributed by atoms with Crippen LogP contribution < -0.4 is 10.6 Å². The molecule has 0 bridgehead atoms. The highest BCUT2D eigenvalue weighted by atomic mass is 16.3. The zero-order chi connectivity index (χ0) is 15.1. The summed E-state index contributed by atoms with van der Waals surface area (Å²) in [6, 6.07) is 7.87. The van der Waals surface area contributed by atoms with E-state index in [9.17, 15) is 4.79 Å². The molecule has 1 amide bonds. The van der Waals surface area contributed by atoms with E-state index in [1.165, 1.54) is 0 Å². The average Bonchev–Trinajstić information content (AvgIpc) is 2.72. The maximum Gasteiger partial charge on any atom is 0.262 e. The van der Waals surface area contributed by atoms with Crippen LogP contribution in [0.2, 0.25) is 0 Å². The number of carbonyl (C=O) groups excluding carboxylic acids is 1. The number of furan rings is 1. The molecule has 0 radical (unpaired) electrons. The van der Waals surface area contributed by atoms with Crippen LogP contribution in [0.15, 0.2) is 28.7 Å². The Bertz CT molecular complexity index is 703. The van der Waals surface area contributed by atoms with E-state index in [-0.39, 0.29) is 11.9 Å². The van der Waals surface area contributed by atoms with E-state index in [1.54, 1.807) is 0 Å². The van der Waals surface area contributed by atoms with Crippen LogP contribution in [0.3, 0.4) is 0 Å². The number of rotatable bonds is 1. The molecular formula is C17H20N2O2. The molecule has 21 heavy (non-hydrogen) atoms. The molecule has 0 spiro atoms. The Hall–Kier alpha value is -2.07. The Balaban J connectivity index is 2.05. The first-order valence-corrected chi connectivity index (χ1v) is 7.23. The molecule has 0 aliphatic carbocycles. The van der Waals surface area contributed by atoms with Crippen LogP contribution in [0.1, 0.15) is 45.5 Å². The zero-order valence-electron chi connectivity index (χ0n) is 12.6. The van der Waals surface area contributed by atoms with Crippen molar-refractivity contribution in [2.75, 3.05) is 11.4 Å². The number of hydrogen-bond acceptors (Lipinski definition) is 3. The maximum absolute atomic E-state index is 12.9. The number of hydrogen-bond donors (Lipinski definition) is 1. The second-order valence-electron chi connectivity index (χ2n) is 5.63. The van der Waals surface area contributed by atoms with Gasteiger partial charge in [0.15, 0.2) is 0 Å². The Labute approximate surface area is 124 Å². The monoisotopic (exact) mass is 284 g/mol. The first-order chi connectivity index (χ1) is 10.0. The van der Waals surface area contributed by atoms with Gasteiger partial charge in [0.05, 0.1) is 5.56 Å². The lowest BCUT2D eigenvalue weighted by molar-refractivity contribution is 0.0982. The van der Waals surface area contributed by atoms with Crippen LogP contribution >= 0.6 is 0 Å². The Morgan fingerprint density at radius 1 is 1.24 bits per heavy atom. The van der Waals surface area contributed by atoms with Crippen molar-refractivity contribution in [1.29, 1.82) is 0 Å². The van der Waals surface area contributed by atoms with Gasteiger partial charge in [-0.2, -0.15) is 0 Å². The number of amides is 1. The second kappa shape index (κ2) is 5.04. The molecule has 110 valence electrons. The zero-order valence-corrected chi connectivity index (χ0v) is 12.6. The number of nitrogens with zero attached hydrogens (tertiary/aromatic N) is 1. The molecule has 1 unspecified atom stereocenters. The molecule has 2 N–H and O–H groups in total. The van der Waals surface area contributed by atoms with Gasteiger partial charge in [0.1, 0.15) is 11.5 Å². The van der Waals surface area contributed by atoms with Crippen molar-refractivity contribution in [3.63, 3.8) is 0 Å². The fourth-order valence-corrected chi connectivity index (χ4v) is 3.05. The van der Waals surface area contributed by atoms with E-state index in [0.29, 0.717) is 17.9 Å². The highest BCUT2D eigenvalue weighted by Crippen LogP contribution is 2.34. The lowest BCUT2D eigenvalue weighted by Crippen LogP contribution is -2.38. The van der Waals surface area contributed by atoms with E-state index in [4.69, 9.17) is 10.2 Å². The fraction of sp³-hybridized carbons (Fsp3) is 0.353. The lowest BCUT2D eigenvalue weighted by Gasteiger charge is -2.32. The molecule has 1 aliphatic heterocycles. The SMILES string of the molecule is Cc1oc(C)c(C(=O)N2CCC(N)c3ccccc32)c1C. The van der Waals surface area contributed by atoms with Gasteiger partial charge in [0.2, 0.25) is 0 Å². The van der Waals surface area contributed by atoms with Crippen LogP contribution in [0.25, 0.3) is 0 Å². The summed E-state index contributed by atoms with van der Waals surface area (Å²) in [7, 11) is 0. The Kier molecular flexibility index (Phi) is 3.33. The molecule has 0 saturated carbocycles. The first-order valence-electron chi connectivity index (χ1n) is 7.23. The molecule has 0 fully saturated rings. The second-order valence-corrected chi connectivity index (χ2v) is 5.63. The van der Waals surface area contributed by atoms with Crippen LogP contribution in [-0.4, -0.2) is 12.5 Å². The molecule has 1 aromatic heterocycles. The smallest absolute Gasteiger partial charge is 0.262 e. The summed E-state index contributed by atoms with van der Waals surface area (Å²) in [6.07, 6.45) is 0.775. The summed E-state index contributed by atoms with van der Waals surface area (Å²) in [5, 5.41) is 0. The number of benzene rings is 1. The van der Waals surface area contributed by atoms with Gasteiger partial charge in [-0.15, -0.1) is 0 Å². The lowest BCUT2D eigenvalue weighted by atomic mass is 9.96. The molecule has 4 heteroatoms. The number of para-hydroxylation sites is 1. The molecule has 1 aliphatic rings. The van der Waals surface area contributed by atoms with Gasteiger partial charge in [0, 0.05) is 23.8 Å². The molecule has 1 aromatic carbocycles. The summed E-state index contributed by atoms with van der Waals surface area (Å²) in [5.74, 6) is 1.49. The number of aryl methyl sites for hydroxylation is 2. The van der Waals surface area contributed by atoms with Crippen molar-refractivity contribution in [3.8, 4) is 0 Å². The average molecular weight is 284 g/mol. The van der Waals surface area contributed by atoms with Gasteiger partial charge < -0.3 is 15.1 Å². The van der Waals surface area contributed by atoms with Gasteiger partial charge in [-0.3, -0.25) is 4.79 Å². The van der Waals surface area contributed by atoms with Crippen LogP contribution in [0.5, 0.6) is 0 Å². The summed E-state index contributed by atoms with van der Waals surface area (Å²) in [4.78, 5) is 14.8. The topological polar surface area (TPSA) is 59.5 Å². The highest BCUT2D eigenvalue weighted by molar-refractivity contribution is 6.08. The minimum Gasteiger partial charge on any atom is -0.466 e.